The maximum atomic E-state index is 10.7. The van der Waals surface area contributed by atoms with Crippen molar-refractivity contribution < 1.29 is 19.1 Å². The van der Waals surface area contributed by atoms with E-state index < -0.39 is 0 Å². The van der Waals surface area contributed by atoms with Gasteiger partial charge in [0.1, 0.15) is 0 Å². The minimum Gasteiger partial charge on any atom is -0.430 e. The number of hydrogen-bond acceptors (Lipinski definition) is 4. The lowest BCUT2D eigenvalue weighted by Crippen LogP contribution is -2.07. The molecule has 0 aliphatic rings. The number of ether oxygens (including phenoxy) is 2. The Hall–Kier alpha value is -1.06. The molecule has 0 fully saturated rings. The summed E-state index contributed by atoms with van der Waals surface area (Å²) in [6, 6.07) is 0. The van der Waals surface area contributed by atoms with Crippen LogP contribution in [0.4, 0.5) is 0 Å². The Bertz CT molecular complexity index is 122. The standard InChI is InChI=1S/C7H12O4/c1-2-3-4-7(9)11-6-10-5-8/h5H,2-4,6H2,1H3. The van der Waals surface area contributed by atoms with Gasteiger partial charge in [0, 0.05) is 6.42 Å². The van der Waals surface area contributed by atoms with Gasteiger partial charge in [-0.3, -0.25) is 9.59 Å². The summed E-state index contributed by atoms with van der Waals surface area (Å²) in [5, 5.41) is 0. The van der Waals surface area contributed by atoms with Crippen LogP contribution >= 0.6 is 0 Å². The van der Waals surface area contributed by atoms with Gasteiger partial charge in [-0.25, -0.2) is 0 Å². The van der Waals surface area contributed by atoms with Gasteiger partial charge in [-0.2, -0.15) is 0 Å². The molecule has 0 radical (unpaired) electrons. The Morgan fingerprint density at radius 2 is 2.27 bits per heavy atom. The highest BCUT2D eigenvalue weighted by molar-refractivity contribution is 5.69. The zero-order valence-corrected chi connectivity index (χ0v) is 6.54. The van der Waals surface area contributed by atoms with Crippen LogP contribution in [-0.4, -0.2) is 19.2 Å². The Labute approximate surface area is 65.5 Å². The molecule has 0 saturated carbocycles. The van der Waals surface area contributed by atoms with E-state index in [4.69, 9.17) is 0 Å². The van der Waals surface area contributed by atoms with Crippen molar-refractivity contribution in [2.24, 2.45) is 0 Å². The van der Waals surface area contributed by atoms with Gasteiger partial charge in [0.05, 0.1) is 0 Å². The third-order valence-corrected chi connectivity index (χ3v) is 1.09. The second-order valence-corrected chi connectivity index (χ2v) is 2.00. The van der Waals surface area contributed by atoms with Crippen molar-refractivity contribution >= 4 is 12.4 Å². The van der Waals surface area contributed by atoms with Crippen molar-refractivity contribution in [3.63, 3.8) is 0 Å². The smallest absolute Gasteiger partial charge is 0.308 e. The first-order chi connectivity index (χ1) is 5.31. The summed E-state index contributed by atoms with van der Waals surface area (Å²) in [6.07, 6.45) is 2.14. The lowest BCUT2D eigenvalue weighted by Gasteiger charge is -2.00. The maximum absolute atomic E-state index is 10.7. The molecule has 0 bridgehead atoms. The van der Waals surface area contributed by atoms with E-state index in [1.54, 1.807) is 0 Å². The van der Waals surface area contributed by atoms with E-state index in [2.05, 4.69) is 9.47 Å². The van der Waals surface area contributed by atoms with Gasteiger partial charge in [0.2, 0.25) is 6.79 Å². The first-order valence-corrected chi connectivity index (χ1v) is 3.52. The average molecular weight is 160 g/mol. The molecular weight excluding hydrogens is 148 g/mol. The first kappa shape index (κ1) is 9.94. The fourth-order valence-corrected chi connectivity index (χ4v) is 0.521. The van der Waals surface area contributed by atoms with Crippen LogP contribution in [-0.2, 0) is 19.1 Å². The van der Waals surface area contributed by atoms with Crippen LogP contribution in [0, 0.1) is 0 Å². The molecule has 64 valence electrons. The Balaban J connectivity index is 3.15. The highest BCUT2D eigenvalue weighted by atomic mass is 16.7. The van der Waals surface area contributed by atoms with Gasteiger partial charge in [-0.15, -0.1) is 0 Å². The van der Waals surface area contributed by atoms with E-state index in [0.717, 1.165) is 12.8 Å². The molecule has 0 N–H and O–H groups in total. The molecule has 0 amide bonds. The largest absolute Gasteiger partial charge is 0.430 e. The quantitative estimate of drug-likeness (QED) is 0.250. The van der Waals surface area contributed by atoms with Gasteiger partial charge < -0.3 is 9.47 Å². The van der Waals surface area contributed by atoms with Crippen LogP contribution in [0.2, 0.25) is 0 Å². The van der Waals surface area contributed by atoms with Crippen molar-refractivity contribution in [1.82, 2.24) is 0 Å². The fraction of sp³-hybridized carbons (Fsp3) is 0.714. The Morgan fingerprint density at radius 1 is 1.55 bits per heavy atom. The number of carbonyl (C=O) groups is 2. The summed E-state index contributed by atoms with van der Waals surface area (Å²) in [5.41, 5.74) is 0. The van der Waals surface area contributed by atoms with E-state index in [-0.39, 0.29) is 19.2 Å². The van der Waals surface area contributed by atoms with Crippen LogP contribution in [0.25, 0.3) is 0 Å². The van der Waals surface area contributed by atoms with Gasteiger partial charge in [-0.1, -0.05) is 13.3 Å². The highest BCUT2D eigenvalue weighted by Gasteiger charge is 1.99. The second-order valence-electron chi connectivity index (χ2n) is 2.00. The van der Waals surface area contributed by atoms with Gasteiger partial charge in [-0.05, 0) is 6.42 Å². The number of rotatable bonds is 6. The van der Waals surface area contributed by atoms with E-state index in [1.165, 1.54) is 0 Å². The average Bonchev–Trinajstić information content (AvgIpc) is 2.01. The van der Waals surface area contributed by atoms with Crippen LogP contribution in [0.15, 0.2) is 0 Å². The molecule has 0 aromatic carbocycles. The Morgan fingerprint density at radius 3 is 2.82 bits per heavy atom. The molecule has 0 aromatic heterocycles. The molecule has 0 saturated heterocycles. The molecule has 0 aromatic rings. The molecule has 4 nitrogen and oxygen atoms in total. The van der Waals surface area contributed by atoms with Crippen molar-refractivity contribution in [2.45, 2.75) is 26.2 Å². The van der Waals surface area contributed by atoms with E-state index >= 15 is 0 Å². The van der Waals surface area contributed by atoms with Gasteiger partial charge in [0.15, 0.2) is 0 Å². The summed E-state index contributed by atoms with van der Waals surface area (Å²) in [4.78, 5) is 20.2. The molecule has 0 rings (SSSR count). The fourth-order valence-electron chi connectivity index (χ4n) is 0.521. The zero-order chi connectivity index (χ0) is 8.53. The van der Waals surface area contributed by atoms with E-state index in [1.807, 2.05) is 6.92 Å². The minimum absolute atomic E-state index is 0.243. The summed E-state index contributed by atoms with van der Waals surface area (Å²) in [7, 11) is 0. The zero-order valence-electron chi connectivity index (χ0n) is 6.54. The van der Waals surface area contributed by atoms with Gasteiger partial charge >= 0.3 is 5.97 Å². The third-order valence-electron chi connectivity index (χ3n) is 1.09. The molecule has 4 heteroatoms. The monoisotopic (exact) mass is 160 g/mol. The van der Waals surface area contributed by atoms with Crippen LogP contribution in [0.3, 0.4) is 0 Å². The van der Waals surface area contributed by atoms with Crippen LogP contribution in [0.5, 0.6) is 0 Å². The number of hydrogen-bond donors (Lipinski definition) is 0. The lowest BCUT2D eigenvalue weighted by molar-refractivity contribution is -0.159. The molecule has 0 unspecified atom stereocenters. The van der Waals surface area contributed by atoms with Crippen molar-refractivity contribution in [1.29, 1.82) is 0 Å². The third kappa shape index (κ3) is 6.83. The second kappa shape index (κ2) is 7.05. The predicted octanol–water partition coefficient (Wildman–Crippen LogP) is 0.850. The number of unbranched alkanes of at least 4 members (excludes halogenated alkanes) is 1. The maximum Gasteiger partial charge on any atom is 0.308 e. The summed E-state index contributed by atoms with van der Waals surface area (Å²) < 4.78 is 8.65. The summed E-state index contributed by atoms with van der Waals surface area (Å²) in [5.74, 6) is -0.325. The molecular formula is C7H12O4. The number of esters is 1. The minimum atomic E-state index is -0.325. The molecule has 0 atom stereocenters. The van der Waals surface area contributed by atoms with Crippen molar-refractivity contribution in [3.8, 4) is 0 Å². The van der Waals surface area contributed by atoms with E-state index in [0.29, 0.717) is 6.42 Å². The van der Waals surface area contributed by atoms with Crippen LogP contribution in [0.1, 0.15) is 26.2 Å². The first-order valence-electron chi connectivity index (χ1n) is 3.52. The normalized spacial score (nSPS) is 8.82. The summed E-state index contributed by atoms with van der Waals surface area (Å²) >= 11 is 0. The molecule has 0 aliphatic carbocycles. The molecule has 11 heavy (non-hydrogen) atoms. The molecule has 0 spiro atoms. The molecule has 0 aliphatic heterocycles. The van der Waals surface area contributed by atoms with Crippen LogP contribution < -0.4 is 0 Å². The van der Waals surface area contributed by atoms with Crippen molar-refractivity contribution in [2.75, 3.05) is 6.79 Å². The SMILES string of the molecule is CCCCC(=O)OCOC=O. The predicted molar refractivity (Wildman–Crippen MR) is 37.6 cm³/mol. The molecule has 0 heterocycles. The van der Waals surface area contributed by atoms with Gasteiger partial charge in [0.25, 0.3) is 6.47 Å². The lowest BCUT2D eigenvalue weighted by atomic mass is 10.3. The summed E-state index contributed by atoms with van der Waals surface area (Å²) in [6.45, 7) is 1.95. The van der Waals surface area contributed by atoms with E-state index in [9.17, 15) is 9.59 Å². The van der Waals surface area contributed by atoms with Crippen molar-refractivity contribution in [3.05, 3.63) is 0 Å². The number of carbonyl (C=O) groups excluding carboxylic acids is 2. The Kier molecular flexibility index (Phi) is 6.37. The highest BCUT2D eigenvalue weighted by Crippen LogP contribution is 1.95. The topological polar surface area (TPSA) is 52.6 Å².